The smallest absolute Gasteiger partial charge is 0.324 e. The second-order valence-corrected chi connectivity index (χ2v) is 9.45. The van der Waals surface area contributed by atoms with Crippen molar-refractivity contribution >= 4 is 56.5 Å². The van der Waals surface area contributed by atoms with Crippen LogP contribution in [0, 0.1) is 6.92 Å². The van der Waals surface area contributed by atoms with Crippen molar-refractivity contribution in [2.75, 3.05) is 11.1 Å². The van der Waals surface area contributed by atoms with E-state index in [1.807, 2.05) is 6.92 Å². The van der Waals surface area contributed by atoms with Gasteiger partial charge in [-0.15, -0.1) is 11.3 Å². The van der Waals surface area contributed by atoms with Crippen LogP contribution in [0.3, 0.4) is 0 Å². The topological polar surface area (TPSA) is 54.9 Å². The van der Waals surface area contributed by atoms with Crippen molar-refractivity contribution < 1.29 is 18.0 Å². The minimum atomic E-state index is -4.51. The predicted molar refractivity (Wildman–Crippen MR) is 115 cm³/mol. The third-order valence-corrected chi connectivity index (χ3v) is 7.29. The molecular formula is C20H17ClF3N3OS2. The van der Waals surface area contributed by atoms with Crippen LogP contribution in [0.2, 0.25) is 5.02 Å². The Balaban J connectivity index is 1.54. The first kappa shape index (κ1) is 21.4. The van der Waals surface area contributed by atoms with Crippen LogP contribution < -0.4 is 5.32 Å². The van der Waals surface area contributed by atoms with Crippen molar-refractivity contribution in [3.05, 3.63) is 45.1 Å². The molecule has 0 aliphatic heterocycles. The third-order valence-electron chi connectivity index (χ3n) is 4.80. The van der Waals surface area contributed by atoms with Crippen molar-refractivity contribution in [2.24, 2.45) is 0 Å². The number of aromatic nitrogens is 2. The molecule has 0 bridgehead atoms. The maximum absolute atomic E-state index is 12.9. The summed E-state index contributed by atoms with van der Waals surface area (Å²) in [5.41, 5.74) is 0.340. The van der Waals surface area contributed by atoms with Gasteiger partial charge in [0, 0.05) is 10.3 Å². The molecule has 4 rings (SSSR count). The lowest BCUT2D eigenvalue weighted by atomic mass is 9.97. The number of amides is 1. The summed E-state index contributed by atoms with van der Waals surface area (Å²) in [6.07, 6.45) is -0.226. The summed E-state index contributed by atoms with van der Waals surface area (Å²) in [6.45, 7) is 1.81. The first-order valence-corrected chi connectivity index (χ1v) is 11.5. The molecule has 0 fully saturated rings. The van der Waals surface area contributed by atoms with E-state index < -0.39 is 17.6 Å². The van der Waals surface area contributed by atoms with Gasteiger partial charge in [0.1, 0.15) is 15.7 Å². The highest BCUT2D eigenvalue weighted by atomic mass is 35.5. The number of thiophene rings is 1. The number of rotatable bonds is 4. The average molecular weight is 472 g/mol. The highest BCUT2D eigenvalue weighted by molar-refractivity contribution is 8.00. The summed E-state index contributed by atoms with van der Waals surface area (Å²) in [5, 5.41) is 4.28. The van der Waals surface area contributed by atoms with E-state index >= 15 is 0 Å². The van der Waals surface area contributed by atoms with Gasteiger partial charge in [-0.2, -0.15) is 13.2 Å². The molecule has 2 aromatic heterocycles. The molecule has 1 N–H and O–H groups in total. The number of fused-ring (bicyclic) bond motifs is 3. The van der Waals surface area contributed by atoms with Gasteiger partial charge in [0.15, 0.2) is 0 Å². The number of nitrogens with one attached hydrogen (secondary N) is 1. The lowest BCUT2D eigenvalue weighted by Crippen LogP contribution is -2.15. The predicted octanol–water partition coefficient (Wildman–Crippen LogP) is 6.28. The van der Waals surface area contributed by atoms with Crippen molar-refractivity contribution in [1.29, 1.82) is 0 Å². The molecule has 0 saturated carbocycles. The van der Waals surface area contributed by atoms with E-state index in [1.54, 1.807) is 11.3 Å². The van der Waals surface area contributed by atoms with Gasteiger partial charge in [0.25, 0.3) is 0 Å². The molecule has 0 unspecified atom stereocenters. The number of hydrogen-bond acceptors (Lipinski definition) is 5. The number of halogens is 4. The van der Waals surface area contributed by atoms with Gasteiger partial charge in [0.05, 0.1) is 22.0 Å². The van der Waals surface area contributed by atoms with Gasteiger partial charge in [-0.1, -0.05) is 23.4 Å². The Kier molecular flexibility index (Phi) is 5.96. The second kappa shape index (κ2) is 8.36. The summed E-state index contributed by atoms with van der Waals surface area (Å²) in [6, 6.07) is 2.85. The lowest BCUT2D eigenvalue weighted by molar-refractivity contribution is -0.137. The maximum atomic E-state index is 12.9. The Bertz CT molecular complexity index is 1130. The fraction of sp³-hybridized carbons (Fsp3) is 0.350. The van der Waals surface area contributed by atoms with Gasteiger partial charge >= 0.3 is 6.18 Å². The first-order valence-electron chi connectivity index (χ1n) is 9.30. The minimum Gasteiger partial charge on any atom is -0.324 e. The molecule has 2 heterocycles. The highest BCUT2D eigenvalue weighted by Crippen LogP contribution is 2.40. The van der Waals surface area contributed by atoms with Crippen LogP contribution in [-0.2, 0) is 23.8 Å². The molecular weight excluding hydrogens is 455 g/mol. The molecule has 10 heteroatoms. The Morgan fingerprint density at radius 1 is 1.27 bits per heavy atom. The van der Waals surface area contributed by atoms with E-state index in [4.69, 9.17) is 11.6 Å². The van der Waals surface area contributed by atoms with E-state index in [0.29, 0.717) is 5.82 Å². The van der Waals surface area contributed by atoms with Crippen LogP contribution in [0.25, 0.3) is 10.2 Å². The summed E-state index contributed by atoms with van der Waals surface area (Å²) in [7, 11) is 0. The van der Waals surface area contributed by atoms with Gasteiger partial charge in [-0.3, -0.25) is 4.79 Å². The van der Waals surface area contributed by atoms with E-state index in [9.17, 15) is 18.0 Å². The Morgan fingerprint density at radius 2 is 2.03 bits per heavy atom. The largest absolute Gasteiger partial charge is 0.416 e. The number of benzene rings is 1. The number of hydrogen-bond donors (Lipinski definition) is 1. The molecule has 1 aliphatic rings. The zero-order valence-corrected chi connectivity index (χ0v) is 18.3. The zero-order valence-electron chi connectivity index (χ0n) is 15.9. The van der Waals surface area contributed by atoms with Crippen LogP contribution in [0.1, 0.15) is 34.7 Å². The number of carbonyl (C=O) groups excluding carboxylic acids is 1. The van der Waals surface area contributed by atoms with E-state index in [2.05, 4.69) is 15.3 Å². The fourth-order valence-electron chi connectivity index (χ4n) is 3.45. The van der Waals surface area contributed by atoms with Crippen LogP contribution in [-0.4, -0.2) is 21.6 Å². The Morgan fingerprint density at radius 3 is 2.80 bits per heavy atom. The number of aryl methyl sites for hydroxylation is 3. The minimum absolute atomic E-state index is 0.00273. The van der Waals surface area contributed by atoms with E-state index in [0.717, 1.165) is 59.1 Å². The van der Waals surface area contributed by atoms with Crippen LogP contribution in [0.15, 0.2) is 23.2 Å². The average Bonchev–Trinajstić information content (AvgIpc) is 3.05. The molecule has 3 aromatic rings. The van der Waals surface area contributed by atoms with Crippen molar-refractivity contribution in [3.63, 3.8) is 0 Å². The van der Waals surface area contributed by atoms with Gasteiger partial charge in [-0.25, -0.2) is 9.97 Å². The second-order valence-electron chi connectivity index (χ2n) is 7.00. The molecule has 1 aliphatic carbocycles. The SMILES string of the molecule is Cc1nc(SCC(=O)Nc2cc(C(F)(F)F)ccc2Cl)c2c3c(sc2n1)CCCC3. The molecule has 4 nitrogen and oxygen atoms in total. The van der Waals surface area contributed by atoms with Crippen molar-refractivity contribution in [3.8, 4) is 0 Å². The molecule has 0 radical (unpaired) electrons. The highest BCUT2D eigenvalue weighted by Gasteiger charge is 2.31. The third kappa shape index (κ3) is 4.43. The molecule has 30 heavy (non-hydrogen) atoms. The van der Waals surface area contributed by atoms with Gasteiger partial charge < -0.3 is 5.32 Å². The van der Waals surface area contributed by atoms with E-state index in [1.165, 1.54) is 22.2 Å². The number of thioether (sulfide) groups is 1. The summed E-state index contributed by atoms with van der Waals surface area (Å²) < 4.78 is 38.8. The lowest BCUT2D eigenvalue weighted by Gasteiger charge is -2.13. The zero-order chi connectivity index (χ0) is 21.5. The normalized spacial score (nSPS) is 14.0. The van der Waals surface area contributed by atoms with Crippen molar-refractivity contribution in [1.82, 2.24) is 9.97 Å². The van der Waals surface area contributed by atoms with Gasteiger partial charge in [0.2, 0.25) is 5.91 Å². The first-order chi connectivity index (χ1) is 14.2. The molecule has 0 atom stereocenters. The van der Waals surface area contributed by atoms with E-state index in [-0.39, 0.29) is 16.5 Å². The molecule has 0 spiro atoms. The number of anilines is 1. The van der Waals surface area contributed by atoms with Crippen molar-refractivity contribution in [2.45, 2.75) is 43.8 Å². The quantitative estimate of drug-likeness (QED) is 0.359. The van der Waals surface area contributed by atoms with Crippen LogP contribution in [0.5, 0.6) is 0 Å². The van der Waals surface area contributed by atoms with Gasteiger partial charge in [-0.05, 0) is 56.4 Å². The summed E-state index contributed by atoms with van der Waals surface area (Å²) in [4.78, 5) is 23.8. The number of carbonyl (C=O) groups is 1. The molecule has 158 valence electrons. The summed E-state index contributed by atoms with van der Waals surface area (Å²) in [5.74, 6) is 0.183. The Labute approximate surface area is 184 Å². The summed E-state index contributed by atoms with van der Waals surface area (Å²) >= 11 is 8.91. The standard InChI is InChI=1S/C20H17ClF3N3OS2/c1-10-25-18(17-12-4-2-3-5-15(12)30-19(17)26-10)29-9-16(28)27-14-8-11(20(22,23)24)6-7-13(14)21/h6-8H,2-5,9H2,1H3,(H,27,28). The molecule has 1 aromatic carbocycles. The Hall–Kier alpha value is -1.84. The number of alkyl halides is 3. The van der Waals surface area contributed by atoms with Crippen LogP contribution >= 0.6 is 34.7 Å². The fourth-order valence-corrected chi connectivity index (χ4v) is 5.88. The van der Waals surface area contributed by atoms with Crippen LogP contribution in [0.4, 0.5) is 18.9 Å². The maximum Gasteiger partial charge on any atom is 0.416 e. The molecule has 1 amide bonds. The molecule has 0 saturated heterocycles. The number of nitrogens with zero attached hydrogens (tertiary/aromatic N) is 2. The monoisotopic (exact) mass is 471 g/mol.